The van der Waals surface area contributed by atoms with Crippen LogP contribution >= 0.6 is 0 Å². The minimum atomic E-state index is 0.978. The van der Waals surface area contributed by atoms with Crippen LogP contribution in [0.5, 0.6) is 0 Å². The van der Waals surface area contributed by atoms with E-state index in [1.807, 2.05) is 0 Å². The summed E-state index contributed by atoms with van der Waals surface area (Å²) in [5.41, 5.74) is 10.4. The van der Waals surface area contributed by atoms with Crippen LogP contribution in [0.15, 0.2) is 188 Å². The molecule has 1 aromatic heterocycles. The summed E-state index contributed by atoms with van der Waals surface area (Å²) >= 11 is 0. The molecule has 0 spiro atoms. The standard InChI is InChI=1S/C49H31N/c1-3-15-33(16-4-1)37-24-13-25-43-38(37)28-29-44-45(34-17-5-2-6-18-34)31-46(50-49(43)44)48-41-22-11-9-20-39(41)47(40-21-10-12-23-42(40)48)36-27-26-32-14-7-8-19-35(32)30-36/h1-31H. The Morgan fingerprint density at radius 1 is 0.280 bits per heavy atom. The van der Waals surface area contributed by atoms with E-state index in [0.717, 1.165) is 27.5 Å². The number of fused-ring (bicyclic) bond motifs is 6. The normalized spacial score (nSPS) is 11.6. The third-order valence-electron chi connectivity index (χ3n) is 10.2. The van der Waals surface area contributed by atoms with E-state index >= 15 is 0 Å². The zero-order valence-electron chi connectivity index (χ0n) is 27.3. The molecule has 0 radical (unpaired) electrons. The maximum absolute atomic E-state index is 5.64. The quantitative estimate of drug-likeness (QED) is 0.139. The molecule has 1 heteroatoms. The van der Waals surface area contributed by atoms with Crippen LogP contribution in [0.4, 0.5) is 0 Å². The van der Waals surface area contributed by atoms with Gasteiger partial charge in [-0.3, -0.25) is 0 Å². The Balaban J connectivity index is 1.32. The highest BCUT2D eigenvalue weighted by molar-refractivity contribution is 6.22. The highest BCUT2D eigenvalue weighted by Crippen LogP contribution is 2.46. The van der Waals surface area contributed by atoms with Gasteiger partial charge in [0.25, 0.3) is 0 Å². The van der Waals surface area contributed by atoms with Crippen molar-refractivity contribution >= 4 is 54.0 Å². The van der Waals surface area contributed by atoms with Crippen molar-refractivity contribution in [2.75, 3.05) is 0 Å². The Labute approximate surface area is 290 Å². The molecule has 0 fully saturated rings. The summed E-state index contributed by atoms with van der Waals surface area (Å²) < 4.78 is 0. The number of rotatable bonds is 4. The molecule has 50 heavy (non-hydrogen) atoms. The molecule has 10 rings (SSSR count). The Kier molecular flexibility index (Phi) is 6.57. The molecule has 0 saturated carbocycles. The van der Waals surface area contributed by atoms with E-state index in [2.05, 4.69) is 188 Å². The van der Waals surface area contributed by atoms with E-state index in [-0.39, 0.29) is 0 Å². The van der Waals surface area contributed by atoms with Crippen molar-refractivity contribution in [1.29, 1.82) is 0 Å². The molecule has 1 nitrogen and oxygen atoms in total. The van der Waals surface area contributed by atoms with E-state index < -0.39 is 0 Å². The second-order valence-electron chi connectivity index (χ2n) is 13.1. The number of nitrogens with zero attached hydrogens (tertiary/aromatic N) is 1. The van der Waals surface area contributed by atoms with Gasteiger partial charge in [0.15, 0.2) is 0 Å². The van der Waals surface area contributed by atoms with Crippen LogP contribution in [0.2, 0.25) is 0 Å². The molecule has 0 aliphatic carbocycles. The Morgan fingerprint density at radius 2 is 0.820 bits per heavy atom. The van der Waals surface area contributed by atoms with E-state index in [9.17, 15) is 0 Å². The van der Waals surface area contributed by atoms with Crippen molar-refractivity contribution in [3.63, 3.8) is 0 Å². The minimum Gasteiger partial charge on any atom is -0.247 e. The fourth-order valence-corrected chi connectivity index (χ4v) is 7.96. The van der Waals surface area contributed by atoms with Gasteiger partial charge in [0, 0.05) is 16.3 Å². The molecular weight excluding hydrogens is 603 g/mol. The summed E-state index contributed by atoms with van der Waals surface area (Å²) in [5.74, 6) is 0. The topological polar surface area (TPSA) is 12.9 Å². The first-order valence-electron chi connectivity index (χ1n) is 17.2. The fraction of sp³-hybridized carbons (Fsp3) is 0. The monoisotopic (exact) mass is 633 g/mol. The smallest absolute Gasteiger partial charge is 0.0794 e. The lowest BCUT2D eigenvalue weighted by Crippen LogP contribution is -1.95. The average molecular weight is 634 g/mol. The van der Waals surface area contributed by atoms with Crippen molar-refractivity contribution < 1.29 is 0 Å². The van der Waals surface area contributed by atoms with E-state index in [1.54, 1.807) is 0 Å². The van der Waals surface area contributed by atoms with Gasteiger partial charge in [-0.2, -0.15) is 0 Å². The molecule has 0 atom stereocenters. The van der Waals surface area contributed by atoms with E-state index in [4.69, 9.17) is 4.98 Å². The first-order chi connectivity index (χ1) is 24.8. The van der Waals surface area contributed by atoms with Gasteiger partial charge in [0.2, 0.25) is 0 Å². The maximum Gasteiger partial charge on any atom is 0.0794 e. The predicted octanol–water partition coefficient (Wildman–Crippen LogP) is 13.5. The zero-order valence-corrected chi connectivity index (χ0v) is 27.3. The average Bonchev–Trinajstić information content (AvgIpc) is 3.19. The van der Waals surface area contributed by atoms with Crippen LogP contribution in [0, 0.1) is 0 Å². The Morgan fingerprint density at radius 3 is 1.50 bits per heavy atom. The molecule has 10 aromatic rings. The highest BCUT2D eigenvalue weighted by Gasteiger charge is 2.20. The molecule has 0 N–H and O–H groups in total. The van der Waals surface area contributed by atoms with E-state index in [1.165, 1.54) is 71.1 Å². The van der Waals surface area contributed by atoms with Crippen molar-refractivity contribution in [2.45, 2.75) is 0 Å². The molecule has 232 valence electrons. The molecule has 0 saturated heterocycles. The van der Waals surface area contributed by atoms with Gasteiger partial charge in [-0.05, 0) is 83.2 Å². The van der Waals surface area contributed by atoms with Crippen LogP contribution in [-0.2, 0) is 0 Å². The second-order valence-corrected chi connectivity index (χ2v) is 13.1. The lowest BCUT2D eigenvalue weighted by molar-refractivity contribution is 1.43. The number of pyridine rings is 1. The third-order valence-corrected chi connectivity index (χ3v) is 10.2. The van der Waals surface area contributed by atoms with Crippen molar-refractivity contribution in [3.05, 3.63) is 188 Å². The summed E-state index contributed by atoms with van der Waals surface area (Å²) in [4.78, 5) is 5.64. The lowest BCUT2D eigenvalue weighted by atomic mass is 9.86. The van der Waals surface area contributed by atoms with Crippen LogP contribution in [0.3, 0.4) is 0 Å². The molecule has 0 aliphatic rings. The molecule has 9 aromatic carbocycles. The first-order valence-corrected chi connectivity index (χ1v) is 17.2. The number of aromatic nitrogens is 1. The Bertz CT molecular complexity index is 2850. The molecule has 0 unspecified atom stereocenters. The van der Waals surface area contributed by atoms with Crippen molar-refractivity contribution in [1.82, 2.24) is 4.98 Å². The fourth-order valence-electron chi connectivity index (χ4n) is 7.96. The van der Waals surface area contributed by atoms with Crippen LogP contribution < -0.4 is 0 Å². The number of benzene rings is 9. The Hall–Kier alpha value is -6.57. The molecular formula is C49H31N. The van der Waals surface area contributed by atoms with Crippen molar-refractivity contribution in [2.24, 2.45) is 0 Å². The summed E-state index contributed by atoms with van der Waals surface area (Å²) in [6.45, 7) is 0. The predicted molar refractivity (Wildman–Crippen MR) is 214 cm³/mol. The van der Waals surface area contributed by atoms with Gasteiger partial charge in [0.05, 0.1) is 11.2 Å². The molecule has 0 amide bonds. The van der Waals surface area contributed by atoms with Crippen molar-refractivity contribution in [3.8, 4) is 44.6 Å². The third kappa shape index (κ3) is 4.52. The van der Waals surface area contributed by atoms with E-state index in [0.29, 0.717) is 0 Å². The lowest BCUT2D eigenvalue weighted by Gasteiger charge is -2.19. The van der Waals surface area contributed by atoms with Gasteiger partial charge >= 0.3 is 0 Å². The van der Waals surface area contributed by atoms with Gasteiger partial charge < -0.3 is 0 Å². The van der Waals surface area contributed by atoms with Gasteiger partial charge in [-0.1, -0.05) is 176 Å². The summed E-state index contributed by atoms with van der Waals surface area (Å²) in [7, 11) is 0. The summed E-state index contributed by atoms with van der Waals surface area (Å²) in [6.07, 6.45) is 0. The van der Waals surface area contributed by atoms with Crippen LogP contribution in [-0.4, -0.2) is 4.98 Å². The van der Waals surface area contributed by atoms with Crippen LogP contribution in [0.1, 0.15) is 0 Å². The number of hydrogen-bond donors (Lipinski definition) is 0. The maximum atomic E-state index is 5.64. The largest absolute Gasteiger partial charge is 0.247 e. The van der Waals surface area contributed by atoms with Gasteiger partial charge in [-0.15, -0.1) is 0 Å². The summed E-state index contributed by atoms with van der Waals surface area (Å²) in [6, 6.07) is 68.1. The summed E-state index contributed by atoms with van der Waals surface area (Å²) in [5, 5.41) is 10.9. The molecule has 0 aliphatic heterocycles. The number of hydrogen-bond acceptors (Lipinski definition) is 1. The molecule has 1 heterocycles. The highest BCUT2D eigenvalue weighted by atomic mass is 14.7. The SMILES string of the molecule is c1ccc(-c2cccc3c2ccc2c(-c4ccccc4)cc(-c4c5ccccc5c(-c5ccc6ccccc6c5)c5ccccc45)nc23)cc1. The molecule has 0 bridgehead atoms. The second kappa shape index (κ2) is 11.5. The van der Waals surface area contributed by atoms with Gasteiger partial charge in [-0.25, -0.2) is 4.98 Å². The first kappa shape index (κ1) is 28.4. The zero-order chi connectivity index (χ0) is 33.0. The van der Waals surface area contributed by atoms with Gasteiger partial charge in [0.1, 0.15) is 0 Å². The van der Waals surface area contributed by atoms with Crippen LogP contribution in [0.25, 0.3) is 98.6 Å². The minimum absolute atomic E-state index is 0.978.